The summed E-state index contributed by atoms with van der Waals surface area (Å²) in [4.78, 5) is 11.8. The molecule has 0 amide bonds. The maximum atomic E-state index is 13.0. The summed E-state index contributed by atoms with van der Waals surface area (Å²) in [5.41, 5.74) is 1.01. The molecule has 1 aromatic carbocycles. The molecule has 0 aliphatic heterocycles. The number of ether oxygens (including phenoxy) is 1. The van der Waals surface area contributed by atoms with Gasteiger partial charge in [0.15, 0.2) is 0 Å². The molecule has 146 valence electrons. The molecule has 2 heterocycles. The molecule has 2 aromatic heterocycles. The zero-order chi connectivity index (χ0) is 19.8. The largest absolute Gasteiger partial charge is 0.457 e. The SMILES string of the molecule is CC1(Oc2ncccn2)CCC(c2ccc(F)cc2)CC1.Fc1cccnc1. The number of benzene rings is 1. The monoisotopic (exact) mass is 383 g/mol. The Hall–Kier alpha value is -2.89. The van der Waals surface area contributed by atoms with Gasteiger partial charge in [0.2, 0.25) is 0 Å². The highest BCUT2D eigenvalue weighted by atomic mass is 19.1. The Morgan fingerprint density at radius 1 is 0.893 bits per heavy atom. The van der Waals surface area contributed by atoms with E-state index < -0.39 is 0 Å². The molecule has 28 heavy (non-hydrogen) atoms. The van der Waals surface area contributed by atoms with Crippen molar-refractivity contribution in [2.24, 2.45) is 0 Å². The van der Waals surface area contributed by atoms with Crippen LogP contribution in [0.3, 0.4) is 0 Å². The standard InChI is InChI=1S/C17H19FN2O.C5H4FN/c1-17(21-16-19-11-2-12-20-16)9-7-14(8-10-17)13-3-5-15(18)6-4-13;6-5-2-1-3-7-4-5/h2-6,11-12,14H,7-10H2,1H3;1-4H. The van der Waals surface area contributed by atoms with Gasteiger partial charge in [0.05, 0.1) is 6.20 Å². The smallest absolute Gasteiger partial charge is 0.316 e. The summed E-state index contributed by atoms with van der Waals surface area (Å²) in [5, 5.41) is 0. The van der Waals surface area contributed by atoms with Gasteiger partial charge in [0.1, 0.15) is 17.2 Å². The summed E-state index contributed by atoms with van der Waals surface area (Å²) in [7, 11) is 0. The molecule has 4 rings (SSSR count). The number of nitrogens with zero attached hydrogens (tertiary/aromatic N) is 3. The molecule has 0 radical (unpaired) electrons. The highest BCUT2D eigenvalue weighted by molar-refractivity contribution is 5.21. The molecule has 1 aliphatic carbocycles. The van der Waals surface area contributed by atoms with Gasteiger partial charge in [-0.25, -0.2) is 18.7 Å². The van der Waals surface area contributed by atoms with E-state index in [1.165, 1.54) is 36.2 Å². The Bertz CT molecular complexity index is 837. The Kier molecular flexibility index (Phi) is 6.63. The number of hydrogen-bond acceptors (Lipinski definition) is 4. The summed E-state index contributed by atoms with van der Waals surface area (Å²) in [5.74, 6) is 0.0189. The maximum absolute atomic E-state index is 13.0. The summed E-state index contributed by atoms with van der Waals surface area (Å²) in [6, 6.07) is 12.0. The molecule has 0 spiro atoms. The van der Waals surface area contributed by atoms with Gasteiger partial charge in [-0.3, -0.25) is 4.98 Å². The van der Waals surface area contributed by atoms with E-state index in [1.54, 1.807) is 24.5 Å². The van der Waals surface area contributed by atoms with Gasteiger partial charge in [0, 0.05) is 18.6 Å². The molecule has 6 heteroatoms. The van der Waals surface area contributed by atoms with Gasteiger partial charge in [-0.1, -0.05) is 12.1 Å². The quantitative estimate of drug-likeness (QED) is 0.613. The molecule has 0 saturated heterocycles. The molecule has 1 fully saturated rings. The topological polar surface area (TPSA) is 47.9 Å². The van der Waals surface area contributed by atoms with Crippen LogP contribution in [0.2, 0.25) is 0 Å². The van der Waals surface area contributed by atoms with Crippen LogP contribution in [0.4, 0.5) is 8.78 Å². The summed E-state index contributed by atoms with van der Waals surface area (Å²) < 4.78 is 30.8. The van der Waals surface area contributed by atoms with Crippen LogP contribution in [0.25, 0.3) is 0 Å². The minimum Gasteiger partial charge on any atom is -0.457 e. The van der Waals surface area contributed by atoms with Crippen LogP contribution < -0.4 is 4.74 Å². The first-order valence-electron chi connectivity index (χ1n) is 9.31. The Morgan fingerprint density at radius 2 is 1.57 bits per heavy atom. The third-order valence-electron chi connectivity index (χ3n) is 4.89. The van der Waals surface area contributed by atoms with Gasteiger partial charge < -0.3 is 4.74 Å². The van der Waals surface area contributed by atoms with Crippen LogP contribution in [-0.2, 0) is 0 Å². The summed E-state index contributed by atoms with van der Waals surface area (Å²) in [6.07, 6.45) is 10.1. The fourth-order valence-electron chi connectivity index (χ4n) is 3.30. The van der Waals surface area contributed by atoms with Crippen molar-refractivity contribution in [3.05, 3.63) is 84.4 Å². The normalized spacial score (nSPS) is 21.3. The minimum atomic E-state index is -0.289. The van der Waals surface area contributed by atoms with E-state index in [-0.39, 0.29) is 17.2 Å². The lowest BCUT2D eigenvalue weighted by molar-refractivity contribution is 0.0336. The average molecular weight is 383 g/mol. The van der Waals surface area contributed by atoms with Crippen molar-refractivity contribution < 1.29 is 13.5 Å². The van der Waals surface area contributed by atoms with Crippen LogP contribution in [0.15, 0.2) is 67.3 Å². The first-order valence-corrected chi connectivity index (χ1v) is 9.31. The van der Waals surface area contributed by atoms with E-state index in [1.807, 2.05) is 12.1 Å². The number of rotatable bonds is 3. The van der Waals surface area contributed by atoms with Crippen molar-refractivity contribution >= 4 is 0 Å². The second-order valence-corrected chi connectivity index (χ2v) is 7.08. The van der Waals surface area contributed by atoms with Crippen LogP contribution in [0, 0.1) is 11.6 Å². The molecule has 0 bridgehead atoms. The van der Waals surface area contributed by atoms with Gasteiger partial charge in [-0.15, -0.1) is 0 Å². The van der Waals surface area contributed by atoms with E-state index >= 15 is 0 Å². The molecule has 1 saturated carbocycles. The van der Waals surface area contributed by atoms with Gasteiger partial charge in [-0.05, 0) is 74.4 Å². The Labute approximate surface area is 163 Å². The number of pyridine rings is 1. The van der Waals surface area contributed by atoms with E-state index in [0.717, 1.165) is 25.7 Å². The average Bonchev–Trinajstić information content (AvgIpc) is 2.71. The van der Waals surface area contributed by atoms with E-state index in [2.05, 4.69) is 21.9 Å². The zero-order valence-electron chi connectivity index (χ0n) is 15.8. The van der Waals surface area contributed by atoms with Crippen LogP contribution in [-0.4, -0.2) is 20.6 Å². The molecular weight excluding hydrogens is 360 g/mol. The molecule has 3 aromatic rings. The number of hydrogen-bond donors (Lipinski definition) is 0. The van der Waals surface area contributed by atoms with Crippen molar-refractivity contribution in [2.75, 3.05) is 0 Å². The lowest BCUT2D eigenvalue weighted by Gasteiger charge is -2.37. The van der Waals surface area contributed by atoms with Crippen LogP contribution in [0.5, 0.6) is 6.01 Å². The van der Waals surface area contributed by atoms with Gasteiger partial charge in [0.25, 0.3) is 0 Å². The van der Waals surface area contributed by atoms with E-state index in [9.17, 15) is 8.78 Å². The van der Waals surface area contributed by atoms with Crippen molar-refractivity contribution in [3.8, 4) is 6.01 Å². The molecular formula is C22H23F2N3O. The predicted molar refractivity (Wildman–Crippen MR) is 103 cm³/mol. The Balaban J connectivity index is 0.000000271. The maximum Gasteiger partial charge on any atom is 0.316 e. The fourth-order valence-corrected chi connectivity index (χ4v) is 3.30. The molecule has 0 atom stereocenters. The molecule has 0 unspecified atom stereocenters. The van der Waals surface area contributed by atoms with Crippen molar-refractivity contribution in [2.45, 2.75) is 44.1 Å². The first-order chi connectivity index (χ1) is 13.5. The van der Waals surface area contributed by atoms with Gasteiger partial charge >= 0.3 is 6.01 Å². The third kappa shape index (κ3) is 5.81. The minimum absolute atomic E-state index is 0.177. The lowest BCUT2D eigenvalue weighted by atomic mass is 9.77. The molecule has 0 N–H and O–H groups in total. The molecule has 4 nitrogen and oxygen atoms in total. The van der Waals surface area contributed by atoms with Crippen LogP contribution in [0.1, 0.15) is 44.1 Å². The van der Waals surface area contributed by atoms with Gasteiger partial charge in [-0.2, -0.15) is 0 Å². The first kappa shape index (κ1) is 19.9. The van der Waals surface area contributed by atoms with Crippen molar-refractivity contribution in [1.82, 2.24) is 15.0 Å². The fraction of sp³-hybridized carbons (Fsp3) is 0.318. The van der Waals surface area contributed by atoms with E-state index in [4.69, 9.17) is 4.74 Å². The van der Waals surface area contributed by atoms with E-state index in [0.29, 0.717) is 11.9 Å². The van der Waals surface area contributed by atoms with Crippen molar-refractivity contribution in [1.29, 1.82) is 0 Å². The zero-order valence-corrected chi connectivity index (χ0v) is 15.8. The number of aromatic nitrogens is 3. The van der Waals surface area contributed by atoms with Crippen molar-refractivity contribution in [3.63, 3.8) is 0 Å². The predicted octanol–water partition coefficient (Wildman–Crippen LogP) is 5.33. The number of halogens is 2. The highest BCUT2D eigenvalue weighted by Gasteiger charge is 2.34. The highest BCUT2D eigenvalue weighted by Crippen LogP contribution is 2.39. The Morgan fingerprint density at radius 3 is 2.11 bits per heavy atom. The summed E-state index contributed by atoms with van der Waals surface area (Å²) in [6.45, 7) is 2.12. The van der Waals surface area contributed by atoms with Crippen LogP contribution >= 0.6 is 0 Å². The second-order valence-electron chi connectivity index (χ2n) is 7.08. The lowest BCUT2D eigenvalue weighted by Crippen LogP contribution is -2.37. The second kappa shape index (κ2) is 9.35. The summed E-state index contributed by atoms with van der Waals surface area (Å²) >= 11 is 0. The molecule has 1 aliphatic rings. The third-order valence-corrected chi connectivity index (χ3v) is 4.89.